The number of rotatable bonds is 2. The molecule has 1 aromatic heterocycles. The molecule has 4 nitrogen and oxygen atoms in total. The van der Waals surface area contributed by atoms with Gasteiger partial charge in [-0.2, -0.15) is 5.10 Å². The lowest BCUT2D eigenvalue weighted by atomic mass is 10.1. The molecule has 0 atom stereocenters. The normalized spacial score (nSPS) is 10.5. The van der Waals surface area contributed by atoms with Crippen molar-refractivity contribution in [3.63, 3.8) is 0 Å². The Hall–Kier alpha value is -1.81. The maximum atomic E-state index is 10.9. The molecule has 1 aromatic carbocycles. The van der Waals surface area contributed by atoms with Crippen LogP contribution in [0.15, 0.2) is 24.4 Å². The number of carboxylic acid groups (broad SMARTS) is 1. The van der Waals surface area contributed by atoms with Crippen LogP contribution in [-0.4, -0.2) is 20.9 Å². The number of hydrogen-bond donors (Lipinski definition) is 1. The zero-order valence-electron chi connectivity index (χ0n) is 9.44. The zero-order valence-corrected chi connectivity index (χ0v) is 10.2. The lowest BCUT2D eigenvalue weighted by Gasteiger charge is -2.05. The number of halogens is 1. The molecule has 0 aliphatic rings. The summed E-state index contributed by atoms with van der Waals surface area (Å²) in [5, 5.41) is 13.8. The van der Waals surface area contributed by atoms with E-state index in [4.69, 9.17) is 16.7 Å². The molecule has 0 aliphatic carbocycles. The average Bonchev–Trinajstić information content (AvgIpc) is 2.58. The number of aromatic carboxylic acids is 1. The summed E-state index contributed by atoms with van der Waals surface area (Å²) in [5.41, 5.74) is 2.53. The Morgan fingerprint density at radius 3 is 2.59 bits per heavy atom. The molecule has 0 fully saturated rings. The van der Waals surface area contributed by atoms with Crippen LogP contribution in [0.5, 0.6) is 0 Å². The second kappa shape index (κ2) is 4.22. The van der Waals surface area contributed by atoms with Crippen molar-refractivity contribution < 1.29 is 9.90 Å². The summed E-state index contributed by atoms with van der Waals surface area (Å²) in [6.07, 6.45) is 1.70. The maximum absolute atomic E-state index is 10.9. The van der Waals surface area contributed by atoms with Crippen molar-refractivity contribution in [3.8, 4) is 5.69 Å². The van der Waals surface area contributed by atoms with Crippen LogP contribution in [0.25, 0.3) is 5.69 Å². The Balaban J connectivity index is 2.47. The summed E-state index contributed by atoms with van der Waals surface area (Å²) in [5.74, 6) is -0.927. The number of aromatic nitrogens is 2. The van der Waals surface area contributed by atoms with Crippen molar-refractivity contribution in [2.45, 2.75) is 13.8 Å². The van der Waals surface area contributed by atoms with Gasteiger partial charge in [0, 0.05) is 6.20 Å². The van der Waals surface area contributed by atoms with Crippen molar-refractivity contribution >= 4 is 17.6 Å². The Morgan fingerprint density at radius 2 is 2.12 bits per heavy atom. The predicted octanol–water partition coefficient (Wildman–Crippen LogP) is 2.84. The SMILES string of the molecule is Cc1cc(-n2cc(Cl)c(C)n2)ccc1C(=O)O. The minimum atomic E-state index is -0.927. The van der Waals surface area contributed by atoms with Gasteiger partial charge in [-0.15, -0.1) is 0 Å². The molecule has 0 unspecified atom stereocenters. The number of carboxylic acids is 1. The fourth-order valence-corrected chi connectivity index (χ4v) is 1.73. The van der Waals surface area contributed by atoms with E-state index in [0.717, 1.165) is 11.4 Å². The molecular formula is C12H11ClN2O2. The highest BCUT2D eigenvalue weighted by Crippen LogP contribution is 2.18. The van der Waals surface area contributed by atoms with Gasteiger partial charge in [0.05, 0.1) is 22.0 Å². The smallest absolute Gasteiger partial charge is 0.335 e. The van der Waals surface area contributed by atoms with Gasteiger partial charge in [-0.3, -0.25) is 0 Å². The third-order valence-corrected chi connectivity index (χ3v) is 2.92. The largest absolute Gasteiger partial charge is 0.478 e. The summed E-state index contributed by atoms with van der Waals surface area (Å²) in [6.45, 7) is 3.57. The first kappa shape index (κ1) is 11.7. The van der Waals surface area contributed by atoms with Crippen LogP contribution in [0, 0.1) is 13.8 Å². The topological polar surface area (TPSA) is 55.1 Å². The molecule has 0 bridgehead atoms. The van der Waals surface area contributed by atoms with Gasteiger partial charge in [-0.1, -0.05) is 11.6 Å². The van der Waals surface area contributed by atoms with Crippen LogP contribution < -0.4 is 0 Å². The van der Waals surface area contributed by atoms with E-state index in [2.05, 4.69) is 5.10 Å². The zero-order chi connectivity index (χ0) is 12.6. The monoisotopic (exact) mass is 250 g/mol. The van der Waals surface area contributed by atoms with Crippen LogP contribution in [0.2, 0.25) is 5.02 Å². The quantitative estimate of drug-likeness (QED) is 0.892. The van der Waals surface area contributed by atoms with Crippen molar-refractivity contribution in [1.29, 1.82) is 0 Å². The molecule has 2 aromatic rings. The van der Waals surface area contributed by atoms with Gasteiger partial charge in [0.1, 0.15) is 0 Å². The molecule has 0 amide bonds. The molecule has 88 valence electrons. The number of hydrogen-bond acceptors (Lipinski definition) is 2. The highest BCUT2D eigenvalue weighted by molar-refractivity contribution is 6.31. The van der Waals surface area contributed by atoms with E-state index in [9.17, 15) is 4.79 Å². The molecule has 0 radical (unpaired) electrons. The van der Waals surface area contributed by atoms with E-state index in [1.54, 1.807) is 36.0 Å². The Bertz CT molecular complexity index is 571. The van der Waals surface area contributed by atoms with E-state index in [0.29, 0.717) is 16.1 Å². The summed E-state index contributed by atoms with van der Waals surface area (Å²) in [7, 11) is 0. The van der Waals surface area contributed by atoms with Crippen LogP contribution in [-0.2, 0) is 0 Å². The predicted molar refractivity (Wildman–Crippen MR) is 65.0 cm³/mol. The second-order valence-electron chi connectivity index (χ2n) is 3.81. The molecule has 0 spiro atoms. The molecule has 5 heteroatoms. The first-order chi connectivity index (χ1) is 7.99. The summed E-state index contributed by atoms with van der Waals surface area (Å²) in [4.78, 5) is 10.9. The highest BCUT2D eigenvalue weighted by atomic mass is 35.5. The minimum Gasteiger partial charge on any atom is -0.478 e. The molecule has 1 N–H and O–H groups in total. The summed E-state index contributed by atoms with van der Waals surface area (Å²) < 4.78 is 1.64. The molecule has 1 heterocycles. The van der Waals surface area contributed by atoms with Crippen LogP contribution in [0.3, 0.4) is 0 Å². The van der Waals surface area contributed by atoms with Gasteiger partial charge in [0.25, 0.3) is 0 Å². The molecular weight excluding hydrogens is 240 g/mol. The number of nitrogens with zero attached hydrogens (tertiary/aromatic N) is 2. The van der Waals surface area contributed by atoms with E-state index < -0.39 is 5.97 Å². The Kier molecular flexibility index (Phi) is 2.90. The van der Waals surface area contributed by atoms with Gasteiger partial charge in [0.2, 0.25) is 0 Å². The summed E-state index contributed by atoms with van der Waals surface area (Å²) in [6, 6.07) is 5.05. The molecule has 0 aliphatic heterocycles. The van der Waals surface area contributed by atoms with Gasteiger partial charge in [-0.25, -0.2) is 9.48 Å². The fraction of sp³-hybridized carbons (Fsp3) is 0.167. The van der Waals surface area contributed by atoms with E-state index in [1.807, 2.05) is 6.92 Å². The first-order valence-corrected chi connectivity index (χ1v) is 5.43. The van der Waals surface area contributed by atoms with Crippen LogP contribution in [0.4, 0.5) is 0 Å². The second-order valence-corrected chi connectivity index (χ2v) is 4.22. The van der Waals surface area contributed by atoms with Crippen LogP contribution in [0.1, 0.15) is 21.6 Å². The first-order valence-electron chi connectivity index (χ1n) is 5.05. The number of aryl methyl sites for hydroxylation is 2. The fourth-order valence-electron chi connectivity index (χ4n) is 1.60. The third-order valence-electron chi connectivity index (χ3n) is 2.54. The van der Waals surface area contributed by atoms with Crippen molar-refractivity contribution in [2.75, 3.05) is 0 Å². The minimum absolute atomic E-state index is 0.295. The molecule has 2 rings (SSSR count). The molecule has 0 saturated heterocycles. The number of benzene rings is 1. The van der Waals surface area contributed by atoms with Gasteiger partial charge in [-0.05, 0) is 37.6 Å². The van der Waals surface area contributed by atoms with E-state index in [1.165, 1.54) is 0 Å². The number of carbonyl (C=O) groups is 1. The van der Waals surface area contributed by atoms with E-state index >= 15 is 0 Å². The Labute approximate surface area is 103 Å². The van der Waals surface area contributed by atoms with Crippen molar-refractivity contribution in [2.24, 2.45) is 0 Å². The standard InChI is InChI=1S/C12H11ClN2O2/c1-7-5-9(3-4-10(7)12(16)17)15-6-11(13)8(2)14-15/h3-6H,1-2H3,(H,16,17). The highest BCUT2D eigenvalue weighted by Gasteiger charge is 2.09. The lowest BCUT2D eigenvalue weighted by Crippen LogP contribution is -2.02. The summed E-state index contributed by atoms with van der Waals surface area (Å²) >= 11 is 5.92. The van der Waals surface area contributed by atoms with Gasteiger partial charge < -0.3 is 5.11 Å². The Morgan fingerprint density at radius 1 is 1.41 bits per heavy atom. The lowest BCUT2D eigenvalue weighted by molar-refractivity contribution is 0.0696. The van der Waals surface area contributed by atoms with Crippen molar-refractivity contribution in [1.82, 2.24) is 9.78 Å². The molecule has 0 saturated carbocycles. The van der Waals surface area contributed by atoms with Crippen LogP contribution >= 0.6 is 11.6 Å². The van der Waals surface area contributed by atoms with Gasteiger partial charge in [0.15, 0.2) is 0 Å². The van der Waals surface area contributed by atoms with E-state index in [-0.39, 0.29) is 0 Å². The average molecular weight is 251 g/mol. The molecule has 17 heavy (non-hydrogen) atoms. The third kappa shape index (κ3) is 2.17. The van der Waals surface area contributed by atoms with Crippen molar-refractivity contribution in [3.05, 3.63) is 46.2 Å². The van der Waals surface area contributed by atoms with Gasteiger partial charge >= 0.3 is 5.97 Å². The maximum Gasteiger partial charge on any atom is 0.335 e.